The lowest BCUT2D eigenvalue weighted by atomic mass is 9.98. The first kappa shape index (κ1) is 18.7. The molecule has 0 aromatic heterocycles. The highest BCUT2D eigenvalue weighted by Gasteiger charge is 2.43. The van der Waals surface area contributed by atoms with Gasteiger partial charge in [0.2, 0.25) is 11.8 Å². The number of aryl methyl sites for hydroxylation is 1. The van der Waals surface area contributed by atoms with Crippen LogP contribution in [0, 0.1) is 11.8 Å². The highest BCUT2D eigenvalue weighted by atomic mass is 16.5. The van der Waals surface area contributed by atoms with E-state index in [9.17, 15) is 9.59 Å². The number of amides is 2. The number of likely N-dealkylation sites (tertiary alicyclic amines) is 1. The van der Waals surface area contributed by atoms with E-state index in [0.29, 0.717) is 31.2 Å². The molecule has 1 aromatic rings. The van der Waals surface area contributed by atoms with Crippen molar-refractivity contribution in [1.82, 2.24) is 15.5 Å². The van der Waals surface area contributed by atoms with Crippen molar-refractivity contribution in [3.05, 3.63) is 29.8 Å². The predicted molar refractivity (Wildman–Crippen MR) is 100.0 cm³/mol. The molecule has 2 amide bonds. The molecule has 2 atom stereocenters. The number of hydrogen-bond donors (Lipinski definition) is 2. The van der Waals surface area contributed by atoms with E-state index in [1.165, 1.54) is 12.8 Å². The monoisotopic (exact) mass is 359 g/mol. The van der Waals surface area contributed by atoms with Crippen molar-refractivity contribution >= 4 is 11.8 Å². The van der Waals surface area contributed by atoms with Crippen LogP contribution in [0.5, 0.6) is 5.75 Å². The van der Waals surface area contributed by atoms with Crippen molar-refractivity contribution in [3.8, 4) is 5.75 Å². The third-order valence-corrected chi connectivity index (χ3v) is 5.44. The van der Waals surface area contributed by atoms with Gasteiger partial charge in [-0.2, -0.15) is 0 Å². The summed E-state index contributed by atoms with van der Waals surface area (Å²) in [5, 5.41) is 5.90. The van der Waals surface area contributed by atoms with Gasteiger partial charge in [-0.05, 0) is 48.8 Å². The molecular formula is C20H29N3O3. The number of rotatable bonds is 8. The highest BCUT2D eigenvalue weighted by Crippen LogP contribution is 2.41. The summed E-state index contributed by atoms with van der Waals surface area (Å²) in [5.74, 6) is 2.11. The summed E-state index contributed by atoms with van der Waals surface area (Å²) in [6.07, 6.45) is 3.66. The van der Waals surface area contributed by atoms with Crippen LogP contribution in [0.4, 0.5) is 0 Å². The maximum atomic E-state index is 12.5. The van der Waals surface area contributed by atoms with Gasteiger partial charge in [0.1, 0.15) is 5.75 Å². The first-order chi connectivity index (χ1) is 12.6. The van der Waals surface area contributed by atoms with Crippen molar-refractivity contribution in [1.29, 1.82) is 0 Å². The molecule has 2 N–H and O–H groups in total. The minimum Gasteiger partial charge on any atom is -0.497 e. The Morgan fingerprint density at radius 1 is 1.23 bits per heavy atom. The molecule has 1 heterocycles. The van der Waals surface area contributed by atoms with E-state index in [1.54, 1.807) is 14.2 Å². The number of carbonyl (C=O) groups is 2. The number of nitrogens with one attached hydrogen (secondary N) is 2. The minimum absolute atomic E-state index is 0.0320. The number of methoxy groups -OCH3 is 1. The van der Waals surface area contributed by atoms with Crippen LogP contribution in [-0.4, -0.2) is 56.5 Å². The van der Waals surface area contributed by atoms with Crippen LogP contribution in [0.3, 0.4) is 0 Å². The molecule has 6 nitrogen and oxygen atoms in total. The lowest BCUT2D eigenvalue weighted by Gasteiger charge is -2.19. The van der Waals surface area contributed by atoms with E-state index < -0.39 is 0 Å². The maximum Gasteiger partial charge on any atom is 0.233 e. The van der Waals surface area contributed by atoms with Gasteiger partial charge in [0, 0.05) is 32.6 Å². The second kappa shape index (κ2) is 8.54. The lowest BCUT2D eigenvalue weighted by Crippen LogP contribution is -2.42. The fraction of sp³-hybridized carbons (Fsp3) is 0.600. The third kappa shape index (κ3) is 4.97. The van der Waals surface area contributed by atoms with Gasteiger partial charge in [0.15, 0.2) is 0 Å². The van der Waals surface area contributed by atoms with Gasteiger partial charge < -0.3 is 15.4 Å². The number of carbonyl (C=O) groups excluding carboxylic acids is 2. The molecule has 0 radical (unpaired) electrons. The molecule has 1 saturated carbocycles. The Morgan fingerprint density at radius 3 is 2.73 bits per heavy atom. The van der Waals surface area contributed by atoms with Gasteiger partial charge in [0.05, 0.1) is 13.7 Å². The van der Waals surface area contributed by atoms with Crippen LogP contribution < -0.4 is 15.4 Å². The summed E-state index contributed by atoms with van der Waals surface area (Å²) < 4.78 is 5.23. The van der Waals surface area contributed by atoms with Gasteiger partial charge >= 0.3 is 0 Å². The quantitative estimate of drug-likeness (QED) is 0.732. The molecule has 0 bridgehead atoms. The van der Waals surface area contributed by atoms with Crippen molar-refractivity contribution in [3.63, 3.8) is 0 Å². The average molecular weight is 359 g/mol. The fourth-order valence-corrected chi connectivity index (χ4v) is 3.84. The van der Waals surface area contributed by atoms with Crippen molar-refractivity contribution in [2.24, 2.45) is 11.8 Å². The van der Waals surface area contributed by atoms with Crippen LogP contribution in [0.15, 0.2) is 24.3 Å². The van der Waals surface area contributed by atoms with E-state index in [2.05, 4.69) is 15.5 Å². The highest BCUT2D eigenvalue weighted by molar-refractivity contribution is 5.78. The zero-order chi connectivity index (χ0) is 18.5. The molecule has 0 spiro atoms. The largest absolute Gasteiger partial charge is 0.497 e. The molecule has 6 heteroatoms. The Labute approximate surface area is 155 Å². The van der Waals surface area contributed by atoms with Crippen LogP contribution in [-0.2, 0) is 16.0 Å². The summed E-state index contributed by atoms with van der Waals surface area (Å²) >= 11 is 0. The third-order valence-electron chi connectivity index (χ3n) is 5.44. The van der Waals surface area contributed by atoms with E-state index in [1.807, 2.05) is 24.3 Å². The summed E-state index contributed by atoms with van der Waals surface area (Å²) in [5.41, 5.74) is 1.10. The van der Waals surface area contributed by atoms with Crippen molar-refractivity contribution in [2.45, 2.75) is 31.7 Å². The first-order valence-electron chi connectivity index (χ1n) is 9.44. The Morgan fingerprint density at radius 2 is 2.04 bits per heavy atom. The molecule has 1 aliphatic carbocycles. The molecule has 1 saturated heterocycles. The Hall–Kier alpha value is -2.08. The van der Waals surface area contributed by atoms with Crippen LogP contribution in [0.1, 0.15) is 24.8 Å². The standard InChI is InChI=1S/C20H29N3O3/c1-21-20(25)13-23-11-17(15-7-8-15)18(12-23)22-19(24)9-6-14-4-3-5-16(10-14)26-2/h3-5,10,15,17-18H,6-9,11-13H2,1-2H3,(H,21,25)(H,22,24)/t17-,18+/m1/s1. The molecule has 26 heavy (non-hydrogen) atoms. The van der Waals surface area contributed by atoms with Gasteiger partial charge in [-0.1, -0.05) is 12.1 Å². The number of likely N-dealkylation sites (N-methyl/N-ethyl adjacent to an activating group) is 1. The smallest absolute Gasteiger partial charge is 0.233 e. The van der Waals surface area contributed by atoms with Gasteiger partial charge in [-0.3, -0.25) is 14.5 Å². The maximum absolute atomic E-state index is 12.5. The van der Waals surface area contributed by atoms with Gasteiger partial charge in [-0.25, -0.2) is 0 Å². The molecule has 142 valence electrons. The van der Waals surface area contributed by atoms with Crippen molar-refractivity contribution < 1.29 is 14.3 Å². The second-order valence-electron chi connectivity index (χ2n) is 7.39. The van der Waals surface area contributed by atoms with E-state index in [0.717, 1.165) is 24.4 Å². The van der Waals surface area contributed by atoms with Gasteiger partial charge in [-0.15, -0.1) is 0 Å². The molecule has 2 aliphatic rings. The van der Waals surface area contributed by atoms with E-state index in [4.69, 9.17) is 4.74 Å². The topological polar surface area (TPSA) is 70.7 Å². The zero-order valence-electron chi connectivity index (χ0n) is 15.7. The van der Waals surface area contributed by atoms with Crippen molar-refractivity contribution in [2.75, 3.05) is 33.8 Å². The minimum atomic E-state index is 0.0320. The summed E-state index contributed by atoms with van der Waals surface area (Å²) in [7, 11) is 3.31. The number of benzene rings is 1. The average Bonchev–Trinajstić information content (AvgIpc) is 3.42. The molecule has 1 aromatic carbocycles. The van der Waals surface area contributed by atoms with Gasteiger partial charge in [0.25, 0.3) is 0 Å². The summed E-state index contributed by atoms with van der Waals surface area (Å²) in [4.78, 5) is 26.3. The summed E-state index contributed by atoms with van der Waals surface area (Å²) in [6, 6.07) is 8.00. The Bertz CT molecular complexity index is 645. The predicted octanol–water partition coefficient (Wildman–Crippen LogP) is 1.20. The Balaban J connectivity index is 1.51. The van der Waals surface area contributed by atoms with Crippen LogP contribution in [0.2, 0.25) is 0 Å². The molecular weight excluding hydrogens is 330 g/mol. The van der Waals surface area contributed by atoms with Crippen LogP contribution >= 0.6 is 0 Å². The van der Waals surface area contributed by atoms with Crippen LogP contribution in [0.25, 0.3) is 0 Å². The first-order valence-corrected chi connectivity index (χ1v) is 9.44. The Kier molecular flexibility index (Phi) is 6.14. The van der Waals surface area contributed by atoms with E-state index in [-0.39, 0.29) is 17.9 Å². The molecule has 3 rings (SSSR count). The lowest BCUT2D eigenvalue weighted by molar-refractivity contribution is -0.122. The molecule has 2 fully saturated rings. The number of hydrogen-bond acceptors (Lipinski definition) is 4. The number of nitrogens with zero attached hydrogens (tertiary/aromatic N) is 1. The zero-order valence-corrected chi connectivity index (χ0v) is 15.7. The second-order valence-corrected chi connectivity index (χ2v) is 7.39. The molecule has 0 unspecified atom stereocenters. The molecule has 1 aliphatic heterocycles. The normalized spacial score (nSPS) is 22.8. The van der Waals surface area contributed by atoms with E-state index >= 15 is 0 Å². The SMILES string of the molecule is CNC(=O)CN1C[C@H](NC(=O)CCc2cccc(OC)c2)[C@@H](C2CC2)C1. The summed E-state index contributed by atoms with van der Waals surface area (Å²) in [6.45, 7) is 2.08. The fourth-order valence-electron chi connectivity index (χ4n) is 3.84. The number of ether oxygens (including phenoxy) is 1.